The molecule has 0 aliphatic heterocycles. The van der Waals surface area contributed by atoms with E-state index in [-0.39, 0.29) is 1.43 Å². The molecule has 0 spiro atoms. The van der Waals surface area contributed by atoms with Crippen molar-refractivity contribution in [3.05, 3.63) is 0 Å². The Morgan fingerprint density at radius 1 is 0.812 bits per heavy atom. The minimum Gasteiger partial charge on any atom is -0.379 e. The number of hydrogen-bond donors (Lipinski definition) is 1. The van der Waals surface area contributed by atoms with E-state index in [9.17, 15) is 0 Å². The Bertz CT molecular complexity index is 95.8. The third-order valence-corrected chi connectivity index (χ3v) is 1.59. The third-order valence-electron chi connectivity index (χ3n) is 1.59. The van der Waals surface area contributed by atoms with Gasteiger partial charge in [0, 0.05) is 14.6 Å². The zero-order chi connectivity index (χ0) is 12.5. The number of nitrogens with one attached hydrogen (secondary N) is 1. The fourth-order valence-electron chi connectivity index (χ4n) is 0.860. The molecule has 102 valence electrons. The van der Waals surface area contributed by atoms with Gasteiger partial charge in [0.05, 0.1) is 33.0 Å². The van der Waals surface area contributed by atoms with E-state index in [1.54, 1.807) is 0 Å². The van der Waals surface area contributed by atoms with Gasteiger partial charge >= 0.3 is 0 Å². The van der Waals surface area contributed by atoms with Crippen LogP contribution >= 0.6 is 0 Å². The molecule has 0 atom stereocenters. The largest absolute Gasteiger partial charge is 0.379 e. The van der Waals surface area contributed by atoms with Gasteiger partial charge in [-0.2, -0.15) is 0 Å². The molecule has 0 unspecified atom stereocenters. The molecule has 0 heterocycles. The van der Waals surface area contributed by atoms with Gasteiger partial charge in [-0.05, 0) is 13.5 Å². The maximum absolute atomic E-state index is 5.29. The molecule has 4 heteroatoms. The van der Waals surface area contributed by atoms with Gasteiger partial charge < -0.3 is 19.5 Å². The van der Waals surface area contributed by atoms with E-state index in [0.29, 0.717) is 26.4 Å². The molecular formula is C12H31NO3. The number of likely N-dealkylation sites (N-methyl/N-ethyl adjacent to an activating group) is 1. The zero-order valence-corrected chi connectivity index (χ0v) is 11.4. The lowest BCUT2D eigenvalue weighted by Gasteiger charge is -2.05. The Morgan fingerprint density at radius 3 is 1.69 bits per heavy atom. The van der Waals surface area contributed by atoms with Crippen molar-refractivity contribution in [2.24, 2.45) is 0 Å². The first-order valence-corrected chi connectivity index (χ1v) is 6.29. The fourth-order valence-corrected chi connectivity index (χ4v) is 0.860. The Morgan fingerprint density at radius 2 is 1.25 bits per heavy atom. The van der Waals surface area contributed by atoms with Crippen LogP contribution in [0.15, 0.2) is 0 Å². The SMILES string of the molecule is CC.CCCOCCOCCOCCNC.[HH]. The van der Waals surface area contributed by atoms with Gasteiger partial charge in [0.25, 0.3) is 0 Å². The van der Waals surface area contributed by atoms with E-state index in [2.05, 4.69) is 12.2 Å². The first kappa shape index (κ1) is 18.2. The topological polar surface area (TPSA) is 39.7 Å². The molecule has 0 aliphatic carbocycles. The van der Waals surface area contributed by atoms with E-state index in [4.69, 9.17) is 14.2 Å². The van der Waals surface area contributed by atoms with Crippen LogP contribution in [-0.4, -0.2) is 53.2 Å². The van der Waals surface area contributed by atoms with Crippen LogP contribution in [0.2, 0.25) is 0 Å². The summed E-state index contributed by atoms with van der Waals surface area (Å²) in [4.78, 5) is 0. The molecule has 0 bridgehead atoms. The molecular weight excluding hydrogens is 206 g/mol. The lowest BCUT2D eigenvalue weighted by Crippen LogP contribution is -2.16. The standard InChI is InChI=1S/C10H23NO3.C2H6.H2/c1-3-5-12-7-9-14-10-8-13-6-4-11-2;1-2;/h11H,3-10H2,1-2H3;1-2H3;1H. The lowest BCUT2D eigenvalue weighted by atomic mass is 10.5. The van der Waals surface area contributed by atoms with E-state index in [0.717, 1.165) is 26.2 Å². The van der Waals surface area contributed by atoms with E-state index in [1.165, 1.54) is 0 Å². The monoisotopic (exact) mass is 237 g/mol. The van der Waals surface area contributed by atoms with E-state index in [1.807, 2.05) is 20.9 Å². The maximum Gasteiger partial charge on any atom is 0.0701 e. The van der Waals surface area contributed by atoms with Gasteiger partial charge in [0.2, 0.25) is 0 Å². The smallest absolute Gasteiger partial charge is 0.0701 e. The molecule has 0 aromatic heterocycles. The molecule has 0 aromatic rings. The second-order valence-electron chi connectivity index (χ2n) is 2.94. The van der Waals surface area contributed by atoms with Crippen LogP contribution < -0.4 is 5.32 Å². The highest BCUT2D eigenvalue weighted by molar-refractivity contribution is 4.36. The van der Waals surface area contributed by atoms with Crippen LogP contribution in [0.5, 0.6) is 0 Å². The highest BCUT2D eigenvalue weighted by atomic mass is 16.5. The third kappa shape index (κ3) is 19.4. The van der Waals surface area contributed by atoms with Crippen molar-refractivity contribution < 1.29 is 15.6 Å². The Balaban J connectivity index is -0.000000616. The van der Waals surface area contributed by atoms with Crippen LogP contribution in [0.25, 0.3) is 0 Å². The molecule has 0 saturated heterocycles. The first-order chi connectivity index (χ1) is 7.91. The molecule has 1 N–H and O–H groups in total. The van der Waals surface area contributed by atoms with Crippen molar-refractivity contribution in [1.82, 2.24) is 5.32 Å². The predicted octanol–water partition coefficient (Wildman–Crippen LogP) is 1.94. The predicted molar refractivity (Wildman–Crippen MR) is 70.1 cm³/mol. The van der Waals surface area contributed by atoms with Crippen molar-refractivity contribution in [1.29, 1.82) is 0 Å². The molecule has 0 saturated carbocycles. The summed E-state index contributed by atoms with van der Waals surface area (Å²) in [5.41, 5.74) is 0. The number of rotatable bonds is 11. The van der Waals surface area contributed by atoms with Gasteiger partial charge in [-0.25, -0.2) is 0 Å². The van der Waals surface area contributed by atoms with Gasteiger partial charge in [-0.3, -0.25) is 0 Å². The van der Waals surface area contributed by atoms with Crippen LogP contribution in [0.1, 0.15) is 28.6 Å². The average Bonchev–Trinajstić information content (AvgIpc) is 2.34. The summed E-state index contributed by atoms with van der Waals surface area (Å²) in [6, 6.07) is 0. The highest BCUT2D eigenvalue weighted by Crippen LogP contribution is 1.82. The summed E-state index contributed by atoms with van der Waals surface area (Å²) in [5, 5.41) is 3.01. The van der Waals surface area contributed by atoms with Crippen LogP contribution in [0.3, 0.4) is 0 Å². The van der Waals surface area contributed by atoms with Crippen LogP contribution in [-0.2, 0) is 14.2 Å². The van der Waals surface area contributed by atoms with Crippen LogP contribution in [0, 0.1) is 0 Å². The number of ether oxygens (including phenoxy) is 3. The number of hydrogen-bond acceptors (Lipinski definition) is 4. The van der Waals surface area contributed by atoms with Crippen molar-refractivity contribution >= 4 is 0 Å². The molecule has 0 amide bonds. The second-order valence-corrected chi connectivity index (χ2v) is 2.94. The molecule has 0 aliphatic rings. The lowest BCUT2D eigenvalue weighted by molar-refractivity contribution is 0.0154. The van der Waals surface area contributed by atoms with Gasteiger partial charge in [-0.15, -0.1) is 0 Å². The Hall–Kier alpha value is -0.160. The van der Waals surface area contributed by atoms with E-state index >= 15 is 0 Å². The van der Waals surface area contributed by atoms with Gasteiger partial charge in [-0.1, -0.05) is 20.8 Å². The van der Waals surface area contributed by atoms with Gasteiger partial charge in [0.1, 0.15) is 0 Å². The zero-order valence-electron chi connectivity index (χ0n) is 11.4. The fraction of sp³-hybridized carbons (Fsp3) is 1.00. The molecule has 0 aromatic carbocycles. The summed E-state index contributed by atoms with van der Waals surface area (Å²) >= 11 is 0. The normalized spacial score (nSPS) is 9.75. The average molecular weight is 237 g/mol. The van der Waals surface area contributed by atoms with Crippen molar-refractivity contribution in [3.63, 3.8) is 0 Å². The Kier molecular flexibility index (Phi) is 23.1. The summed E-state index contributed by atoms with van der Waals surface area (Å²) in [6.45, 7) is 11.2. The molecule has 4 nitrogen and oxygen atoms in total. The summed E-state index contributed by atoms with van der Waals surface area (Å²) in [7, 11) is 1.91. The van der Waals surface area contributed by atoms with Crippen molar-refractivity contribution in [2.75, 3.05) is 53.2 Å². The minimum atomic E-state index is 0. The first-order valence-electron chi connectivity index (χ1n) is 6.29. The highest BCUT2D eigenvalue weighted by Gasteiger charge is 1.90. The van der Waals surface area contributed by atoms with Crippen molar-refractivity contribution in [2.45, 2.75) is 27.2 Å². The molecule has 16 heavy (non-hydrogen) atoms. The summed E-state index contributed by atoms with van der Waals surface area (Å²) in [5.74, 6) is 0. The van der Waals surface area contributed by atoms with Gasteiger partial charge in [0.15, 0.2) is 0 Å². The second kappa shape index (κ2) is 20.3. The van der Waals surface area contributed by atoms with Crippen molar-refractivity contribution in [3.8, 4) is 0 Å². The molecule has 0 fully saturated rings. The Labute approximate surface area is 102 Å². The van der Waals surface area contributed by atoms with E-state index < -0.39 is 0 Å². The quantitative estimate of drug-likeness (QED) is 0.557. The minimum absolute atomic E-state index is 0. The van der Waals surface area contributed by atoms with Crippen LogP contribution in [0.4, 0.5) is 0 Å². The molecule has 0 radical (unpaired) electrons. The molecule has 0 rings (SSSR count). The summed E-state index contributed by atoms with van der Waals surface area (Å²) < 4.78 is 15.8. The maximum atomic E-state index is 5.29. The summed E-state index contributed by atoms with van der Waals surface area (Å²) in [6.07, 6.45) is 1.06.